The molecule has 33 heavy (non-hydrogen) atoms. The average molecular weight is 464 g/mol. The van der Waals surface area contributed by atoms with Gasteiger partial charge in [0, 0.05) is 42.6 Å². The van der Waals surface area contributed by atoms with Gasteiger partial charge in [-0.15, -0.1) is 11.3 Å². The van der Waals surface area contributed by atoms with Gasteiger partial charge in [-0.05, 0) is 25.1 Å². The molecule has 3 heterocycles. The Bertz CT molecular complexity index is 1240. The fourth-order valence-electron chi connectivity index (χ4n) is 4.65. The highest BCUT2D eigenvalue weighted by Crippen LogP contribution is 2.41. The number of nitrogens with one attached hydrogen (secondary N) is 2. The molecule has 0 radical (unpaired) electrons. The van der Waals surface area contributed by atoms with Gasteiger partial charge in [-0.2, -0.15) is 0 Å². The Morgan fingerprint density at radius 1 is 1.09 bits per heavy atom. The molecule has 1 spiro atoms. The zero-order chi connectivity index (χ0) is 23.0. The molecule has 2 N–H and O–H groups in total. The third-order valence-corrected chi connectivity index (χ3v) is 7.42. The first kappa shape index (κ1) is 21.5. The zero-order valence-electron chi connectivity index (χ0n) is 18.3. The molecule has 0 bridgehead atoms. The number of hydrogen-bond donors (Lipinski definition) is 2. The number of anilines is 1. The molecule has 0 atom stereocenters. The van der Waals surface area contributed by atoms with Gasteiger partial charge >= 0.3 is 6.03 Å². The van der Waals surface area contributed by atoms with Crippen molar-refractivity contribution < 1.29 is 19.1 Å². The molecule has 8 heteroatoms. The number of piperidine rings is 1. The summed E-state index contributed by atoms with van der Waals surface area (Å²) in [7, 11) is 0. The van der Waals surface area contributed by atoms with E-state index in [0.717, 1.165) is 10.1 Å². The van der Waals surface area contributed by atoms with Crippen LogP contribution in [0.25, 0.3) is 10.1 Å². The second-order valence-corrected chi connectivity index (χ2v) is 9.51. The molecule has 1 aromatic heterocycles. The third kappa shape index (κ3) is 3.95. The number of carbonyl (C=O) groups is 3. The lowest BCUT2D eigenvalue weighted by atomic mass is 9.82. The monoisotopic (exact) mass is 463 g/mol. The normalized spacial score (nSPS) is 16.9. The number of likely N-dealkylation sites (tertiary alicyclic amines) is 1. The number of urea groups is 1. The minimum Gasteiger partial charge on any atom is -0.486 e. The molecule has 1 saturated heterocycles. The van der Waals surface area contributed by atoms with Crippen LogP contribution in [0.15, 0.2) is 48.5 Å². The average Bonchev–Trinajstić information content (AvgIpc) is 3.17. The van der Waals surface area contributed by atoms with E-state index in [0.29, 0.717) is 60.8 Å². The fraction of sp³-hybridized carbons (Fsp3) is 0.320. The quantitative estimate of drug-likeness (QED) is 0.590. The number of ether oxygens (including phenoxy) is 1. The highest BCUT2D eigenvalue weighted by atomic mass is 32.1. The number of nitrogens with zero attached hydrogens (tertiary/aromatic N) is 1. The maximum absolute atomic E-state index is 13.6. The van der Waals surface area contributed by atoms with Crippen molar-refractivity contribution in [1.29, 1.82) is 0 Å². The summed E-state index contributed by atoms with van der Waals surface area (Å²) < 4.78 is 7.24. The summed E-state index contributed by atoms with van der Waals surface area (Å²) in [6, 6.07) is 14.7. The molecule has 170 valence electrons. The second-order valence-electron chi connectivity index (χ2n) is 8.46. The minimum absolute atomic E-state index is 0.0916. The van der Waals surface area contributed by atoms with Crippen LogP contribution in [-0.2, 0) is 0 Å². The largest absolute Gasteiger partial charge is 0.486 e. The Morgan fingerprint density at radius 2 is 1.82 bits per heavy atom. The van der Waals surface area contributed by atoms with Gasteiger partial charge in [0.1, 0.15) is 16.4 Å². The summed E-state index contributed by atoms with van der Waals surface area (Å²) in [5, 5.41) is 6.94. The van der Waals surface area contributed by atoms with Crippen LogP contribution in [0.2, 0.25) is 0 Å². The van der Waals surface area contributed by atoms with E-state index in [4.69, 9.17) is 4.74 Å². The van der Waals surface area contributed by atoms with Crippen LogP contribution in [0.1, 0.15) is 46.9 Å². The summed E-state index contributed by atoms with van der Waals surface area (Å²) in [5.74, 6) is 0.608. The van der Waals surface area contributed by atoms with Gasteiger partial charge in [0.15, 0.2) is 5.78 Å². The standard InChI is InChI=1S/C25H25N3O4S/c1-2-26-24(31)27-22-21(17-8-4-6-10-20(17)33-22)23(30)28-13-11-25(12-14-28)15-18(29)16-7-3-5-9-19(16)32-25/h3-10H,2,11-15H2,1H3,(H2,26,27,31). The molecule has 2 aliphatic heterocycles. The lowest BCUT2D eigenvalue weighted by Crippen LogP contribution is -2.52. The predicted octanol–water partition coefficient (Wildman–Crippen LogP) is 4.68. The van der Waals surface area contributed by atoms with E-state index in [1.807, 2.05) is 49.4 Å². The van der Waals surface area contributed by atoms with Gasteiger partial charge in [0.2, 0.25) is 0 Å². The van der Waals surface area contributed by atoms with Crippen molar-refractivity contribution in [1.82, 2.24) is 10.2 Å². The molecule has 2 aromatic carbocycles. The summed E-state index contributed by atoms with van der Waals surface area (Å²) in [5.41, 5.74) is 0.581. The number of fused-ring (bicyclic) bond motifs is 2. The number of benzene rings is 2. The Balaban J connectivity index is 1.37. The number of thiophene rings is 1. The Morgan fingerprint density at radius 3 is 2.61 bits per heavy atom. The molecular formula is C25H25N3O4S. The zero-order valence-corrected chi connectivity index (χ0v) is 19.2. The number of amides is 3. The Labute approximate surface area is 195 Å². The van der Waals surface area contributed by atoms with Crippen LogP contribution in [0.5, 0.6) is 5.75 Å². The molecular weight excluding hydrogens is 438 g/mol. The van der Waals surface area contributed by atoms with Crippen LogP contribution in [0, 0.1) is 0 Å². The van der Waals surface area contributed by atoms with Gasteiger partial charge in [0.25, 0.3) is 5.91 Å². The predicted molar refractivity (Wildman–Crippen MR) is 128 cm³/mol. The van der Waals surface area contributed by atoms with Crippen LogP contribution in [0.4, 0.5) is 9.80 Å². The number of rotatable bonds is 3. The van der Waals surface area contributed by atoms with Crippen LogP contribution >= 0.6 is 11.3 Å². The van der Waals surface area contributed by atoms with E-state index in [1.165, 1.54) is 11.3 Å². The van der Waals surface area contributed by atoms with E-state index in [1.54, 1.807) is 11.0 Å². The van der Waals surface area contributed by atoms with Gasteiger partial charge < -0.3 is 15.0 Å². The number of para-hydroxylation sites is 1. The van der Waals surface area contributed by atoms with E-state index in [-0.39, 0.29) is 17.7 Å². The summed E-state index contributed by atoms with van der Waals surface area (Å²) >= 11 is 1.40. The van der Waals surface area contributed by atoms with Crippen molar-refractivity contribution in [2.24, 2.45) is 0 Å². The number of ketones is 1. The Hall–Kier alpha value is -3.39. The molecule has 0 saturated carbocycles. The molecule has 7 nitrogen and oxygen atoms in total. The SMILES string of the molecule is CCNC(=O)Nc1sc2ccccc2c1C(=O)N1CCC2(CC1)CC(=O)c1ccccc1O2. The smallest absolute Gasteiger partial charge is 0.319 e. The molecule has 0 aliphatic carbocycles. The highest BCUT2D eigenvalue weighted by Gasteiger charge is 2.44. The molecule has 3 aromatic rings. The van der Waals surface area contributed by atoms with Gasteiger partial charge in [-0.1, -0.05) is 30.3 Å². The maximum atomic E-state index is 13.6. The Kier molecular flexibility index (Phi) is 5.54. The third-order valence-electron chi connectivity index (χ3n) is 6.33. The van der Waals surface area contributed by atoms with E-state index >= 15 is 0 Å². The van der Waals surface area contributed by atoms with Crippen LogP contribution in [-0.4, -0.2) is 47.9 Å². The summed E-state index contributed by atoms with van der Waals surface area (Å²) in [4.78, 5) is 40.3. The topological polar surface area (TPSA) is 87.7 Å². The molecule has 5 rings (SSSR count). The summed E-state index contributed by atoms with van der Waals surface area (Å²) in [6.45, 7) is 3.31. The van der Waals surface area contributed by atoms with Crippen molar-refractivity contribution in [2.45, 2.75) is 31.8 Å². The lowest BCUT2D eigenvalue weighted by Gasteiger charge is -2.44. The van der Waals surface area contributed by atoms with E-state index in [9.17, 15) is 14.4 Å². The van der Waals surface area contributed by atoms with Gasteiger partial charge in [-0.3, -0.25) is 14.9 Å². The molecule has 1 fully saturated rings. The van der Waals surface area contributed by atoms with Crippen molar-refractivity contribution in [3.05, 3.63) is 59.7 Å². The summed E-state index contributed by atoms with van der Waals surface area (Å²) in [6.07, 6.45) is 1.50. The first-order chi connectivity index (χ1) is 16.0. The lowest BCUT2D eigenvalue weighted by molar-refractivity contribution is -0.00562. The van der Waals surface area contributed by atoms with Crippen LogP contribution in [0.3, 0.4) is 0 Å². The molecule has 2 aliphatic rings. The maximum Gasteiger partial charge on any atom is 0.319 e. The van der Waals surface area contributed by atoms with Crippen molar-refractivity contribution in [2.75, 3.05) is 25.0 Å². The highest BCUT2D eigenvalue weighted by molar-refractivity contribution is 7.23. The molecule has 0 unspecified atom stereocenters. The fourth-order valence-corrected chi connectivity index (χ4v) is 5.74. The van der Waals surface area contributed by atoms with E-state index < -0.39 is 5.60 Å². The number of carbonyl (C=O) groups excluding carboxylic acids is 3. The molecule has 3 amide bonds. The number of Topliss-reactive ketones (excluding diaryl/α,β-unsaturated/α-hetero) is 1. The first-order valence-corrected chi connectivity index (χ1v) is 12.0. The van der Waals surface area contributed by atoms with Gasteiger partial charge in [0.05, 0.1) is 17.5 Å². The second kappa shape index (κ2) is 8.51. The van der Waals surface area contributed by atoms with Crippen LogP contribution < -0.4 is 15.4 Å². The van der Waals surface area contributed by atoms with Gasteiger partial charge in [-0.25, -0.2) is 4.79 Å². The first-order valence-electron chi connectivity index (χ1n) is 11.2. The van der Waals surface area contributed by atoms with E-state index in [2.05, 4.69) is 10.6 Å². The van der Waals surface area contributed by atoms with Crippen molar-refractivity contribution in [3.8, 4) is 5.75 Å². The number of hydrogen-bond acceptors (Lipinski definition) is 5. The van der Waals surface area contributed by atoms with Crippen molar-refractivity contribution in [3.63, 3.8) is 0 Å². The minimum atomic E-state index is -0.568. The van der Waals surface area contributed by atoms with Crippen molar-refractivity contribution >= 4 is 44.1 Å².